The molecule has 0 radical (unpaired) electrons. The maximum absolute atomic E-state index is 12.2. The van der Waals surface area contributed by atoms with Crippen LogP contribution in [0.4, 0.5) is 0 Å². The summed E-state index contributed by atoms with van der Waals surface area (Å²) in [6.07, 6.45) is 2.26. The van der Waals surface area contributed by atoms with E-state index in [0.717, 1.165) is 16.7 Å². The van der Waals surface area contributed by atoms with Crippen LogP contribution in [0, 0.1) is 11.8 Å². The highest BCUT2D eigenvalue weighted by Gasteiger charge is 2.17. The molecule has 160 valence electrons. The maximum atomic E-state index is 12.2. The fourth-order valence-electron chi connectivity index (χ4n) is 2.79. The van der Waals surface area contributed by atoms with Crippen molar-refractivity contribution in [1.29, 1.82) is 0 Å². The van der Waals surface area contributed by atoms with Gasteiger partial charge in [-0.05, 0) is 31.2 Å². The summed E-state index contributed by atoms with van der Waals surface area (Å²) in [5, 5.41) is 0. The second kappa shape index (κ2) is 12.9. The molecule has 0 saturated heterocycles. The number of esters is 2. The molecule has 0 N–H and O–H groups in total. The minimum atomic E-state index is -0.680. The molecule has 0 bridgehead atoms. The van der Waals surface area contributed by atoms with E-state index in [-0.39, 0.29) is 25.0 Å². The number of allylic oxidation sites excluding steroid dienone is 2. The van der Waals surface area contributed by atoms with Crippen LogP contribution in [0.15, 0.2) is 53.6 Å². The molecule has 29 heavy (non-hydrogen) atoms. The Morgan fingerprint density at radius 1 is 0.897 bits per heavy atom. The SMILES string of the molecule is CC(C)=CC(=O)O[C@@H](COCc1ccccc1)COC(=O)C=C(C(C)C)C(C)C. The van der Waals surface area contributed by atoms with Gasteiger partial charge in [-0.25, -0.2) is 9.59 Å². The first-order valence-electron chi connectivity index (χ1n) is 10.0. The number of benzene rings is 1. The molecule has 1 aromatic carbocycles. The van der Waals surface area contributed by atoms with Gasteiger partial charge in [-0.15, -0.1) is 0 Å². The fraction of sp³-hybridized carbons (Fsp3) is 0.500. The van der Waals surface area contributed by atoms with Gasteiger partial charge in [0.1, 0.15) is 6.61 Å². The van der Waals surface area contributed by atoms with Crippen LogP contribution >= 0.6 is 0 Å². The normalized spacial score (nSPS) is 11.7. The molecule has 0 aliphatic heterocycles. The van der Waals surface area contributed by atoms with Crippen molar-refractivity contribution in [3.8, 4) is 0 Å². The Morgan fingerprint density at radius 3 is 2.07 bits per heavy atom. The van der Waals surface area contributed by atoms with Gasteiger partial charge in [-0.2, -0.15) is 0 Å². The van der Waals surface area contributed by atoms with Crippen LogP contribution in [0.3, 0.4) is 0 Å². The summed E-state index contributed by atoms with van der Waals surface area (Å²) in [4.78, 5) is 24.2. The zero-order chi connectivity index (χ0) is 21.8. The molecule has 1 atom stereocenters. The van der Waals surface area contributed by atoms with E-state index in [2.05, 4.69) is 0 Å². The summed E-state index contributed by atoms with van der Waals surface area (Å²) >= 11 is 0. The lowest BCUT2D eigenvalue weighted by atomic mass is 9.92. The van der Waals surface area contributed by atoms with Gasteiger partial charge in [0.2, 0.25) is 0 Å². The molecule has 1 rings (SSSR count). The van der Waals surface area contributed by atoms with Crippen molar-refractivity contribution < 1.29 is 23.8 Å². The lowest BCUT2D eigenvalue weighted by Gasteiger charge is -2.18. The topological polar surface area (TPSA) is 61.8 Å². The van der Waals surface area contributed by atoms with Gasteiger partial charge < -0.3 is 14.2 Å². The third-order valence-corrected chi connectivity index (χ3v) is 4.13. The highest BCUT2D eigenvalue weighted by atomic mass is 16.6. The monoisotopic (exact) mass is 402 g/mol. The highest BCUT2D eigenvalue weighted by Crippen LogP contribution is 2.19. The van der Waals surface area contributed by atoms with Crippen LogP contribution in [0.25, 0.3) is 0 Å². The van der Waals surface area contributed by atoms with Gasteiger partial charge >= 0.3 is 11.9 Å². The molecule has 0 amide bonds. The first kappa shape index (κ1) is 24.6. The Labute approximate surface area is 174 Å². The number of hydrogen-bond donors (Lipinski definition) is 0. The first-order chi connectivity index (χ1) is 13.7. The molecule has 1 aromatic rings. The molecule has 0 saturated carbocycles. The van der Waals surface area contributed by atoms with E-state index in [4.69, 9.17) is 14.2 Å². The lowest BCUT2D eigenvalue weighted by molar-refractivity contribution is -0.156. The fourth-order valence-corrected chi connectivity index (χ4v) is 2.79. The lowest BCUT2D eigenvalue weighted by Crippen LogP contribution is -2.29. The van der Waals surface area contributed by atoms with Gasteiger partial charge in [-0.3, -0.25) is 0 Å². The predicted octanol–water partition coefficient (Wildman–Crippen LogP) is 4.86. The Bertz CT molecular complexity index is 687. The van der Waals surface area contributed by atoms with E-state index >= 15 is 0 Å². The van der Waals surface area contributed by atoms with Crippen molar-refractivity contribution in [2.24, 2.45) is 11.8 Å². The van der Waals surface area contributed by atoms with Gasteiger partial charge in [0.15, 0.2) is 6.10 Å². The smallest absolute Gasteiger partial charge is 0.331 e. The standard InChI is InChI=1S/C24H34O5/c1-17(2)12-24(26)29-21(15-27-14-20-10-8-7-9-11-20)16-28-23(25)13-22(18(3)4)19(5)6/h7-13,18-19,21H,14-16H2,1-6H3/t21-/m0/s1. The van der Waals surface area contributed by atoms with E-state index in [1.807, 2.05) is 71.9 Å². The number of hydrogen-bond acceptors (Lipinski definition) is 5. The van der Waals surface area contributed by atoms with E-state index in [1.54, 1.807) is 0 Å². The van der Waals surface area contributed by atoms with E-state index in [1.165, 1.54) is 12.2 Å². The van der Waals surface area contributed by atoms with Crippen molar-refractivity contribution in [1.82, 2.24) is 0 Å². The van der Waals surface area contributed by atoms with Crippen LogP contribution in [0.1, 0.15) is 47.1 Å². The quantitative estimate of drug-likeness (QED) is 0.391. The first-order valence-corrected chi connectivity index (χ1v) is 10.0. The molecule has 0 spiro atoms. The minimum absolute atomic E-state index is 0.0596. The molecule has 0 aliphatic carbocycles. The Hall–Kier alpha value is -2.40. The van der Waals surface area contributed by atoms with Crippen molar-refractivity contribution in [3.63, 3.8) is 0 Å². The second-order valence-electron chi connectivity index (χ2n) is 7.87. The average Bonchev–Trinajstić information content (AvgIpc) is 2.63. The Balaban J connectivity index is 2.69. The van der Waals surface area contributed by atoms with Gasteiger partial charge in [0, 0.05) is 12.2 Å². The molecule has 5 heteroatoms. The van der Waals surface area contributed by atoms with Gasteiger partial charge in [0.25, 0.3) is 0 Å². The summed E-state index contributed by atoms with van der Waals surface area (Å²) < 4.78 is 16.4. The molecule has 0 unspecified atom stereocenters. The largest absolute Gasteiger partial charge is 0.458 e. The van der Waals surface area contributed by atoms with Gasteiger partial charge in [-0.1, -0.05) is 69.2 Å². The molecule has 0 aliphatic rings. The van der Waals surface area contributed by atoms with Crippen molar-refractivity contribution in [2.75, 3.05) is 13.2 Å². The van der Waals surface area contributed by atoms with Gasteiger partial charge in [0.05, 0.1) is 13.2 Å². The van der Waals surface area contributed by atoms with Crippen LogP contribution in [0.2, 0.25) is 0 Å². The summed E-state index contributed by atoms with van der Waals surface area (Å²) in [5.41, 5.74) is 2.87. The zero-order valence-corrected chi connectivity index (χ0v) is 18.4. The van der Waals surface area contributed by atoms with Crippen molar-refractivity contribution in [2.45, 2.75) is 54.3 Å². The van der Waals surface area contributed by atoms with Crippen LogP contribution < -0.4 is 0 Å². The third kappa shape index (κ3) is 10.6. The maximum Gasteiger partial charge on any atom is 0.331 e. The van der Waals surface area contributed by atoms with Crippen LogP contribution in [0.5, 0.6) is 0 Å². The third-order valence-electron chi connectivity index (χ3n) is 4.13. The Kier molecular flexibility index (Phi) is 11.0. The summed E-state index contributed by atoms with van der Waals surface area (Å²) in [5.74, 6) is -0.408. The molecule has 0 fully saturated rings. The minimum Gasteiger partial charge on any atom is -0.458 e. The van der Waals surface area contributed by atoms with Crippen molar-refractivity contribution in [3.05, 3.63) is 59.2 Å². The summed E-state index contributed by atoms with van der Waals surface area (Å²) in [6.45, 7) is 12.3. The van der Waals surface area contributed by atoms with E-state index in [9.17, 15) is 9.59 Å². The molecule has 5 nitrogen and oxygen atoms in total. The highest BCUT2D eigenvalue weighted by molar-refractivity contribution is 5.83. The predicted molar refractivity (Wildman–Crippen MR) is 114 cm³/mol. The zero-order valence-electron chi connectivity index (χ0n) is 18.4. The molecular weight excluding hydrogens is 368 g/mol. The molecule has 0 aromatic heterocycles. The molecular formula is C24H34O5. The second-order valence-corrected chi connectivity index (χ2v) is 7.87. The number of rotatable bonds is 11. The number of ether oxygens (including phenoxy) is 3. The van der Waals surface area contributed by atoms with Crippen LogP contribution in [-0.4, -0.2) is 31.3 Å². The van der Waals surface area contributed by atoms with E-state index in [0.29, 0.717) is 6.61 Å². The Morgan fingerprint density at radius 2 is 1.52 bits per heavy atom. The summed E-state index contributed by atoms with van der Waals surface area (Å²) in [6, 6.07) is 9.70. The number of carbonyl (C=O) groups is 2. The average molecular weight is 403 g/mol. The van der Waals surface area contributed by atoms with Crippen molar-refractivity contribution >= 4 is 11.9 Å². The number of carbonyl (C=O) groups excluding carboxylic acids is 2. The molecule has 0 heterocycles. The summed E-state index contributed by atoms with van der Waals surface area (Å²) in [7, 11) is 0. The van der Waals surface area contributed by atoms with Crippen LogP contribution in [-0.2, 0) is 30.4 Å². The van der Waals surface area contributed by atoms with E-state index < -0.39 is 18.0 Å².